The Bertz CT molecular complexity index is 1220. The number of thioether (sulfide) groups is 1. The van der Waals surface area contributed by atoms with Gasteiger partial charge in [-0.05, 0) is 31.2 Å². The molecule has 0 bridgehead atoms. The number of halogens is 3. The fraction of sp³-hybridized carbons (Fsp3) is 0.150. The molecule has 2 aromatic carbocycles. The molecule has 0 saturated heterocycles. The van der Waals surface area contributed by atoms with Crippen LogP contribution < -0.4 is 5.32 Å². The number of hydrogen-bond acceptors (Lipinski definition) is 5. The minimum Gasteiger partial charge on any atom is -0.451 e. The zero-order chi connectivity index (χ0) is 20.6. The number of nitrogens with zero attached hydrogens (tertiary/aromatic N) is 2. The van der Waals surface area contributed by atoms with Crippen LogP contribution in [-0.2, 0) is 11.0 Å². The van der Waals surface area contributed by atoms with E-state index >= 15 is 0 Å². The van der Waals surface area contributed by atoms with Crippen LogP contribution in [0.1, 0.15) is 11.4 Å². The van der Waals surface area contributed by atoms with Gasteiger partial charge in [-0.1, -0.05) is 36.0 Å². The number of furan rings is 1. The van der Waals surface area contributed by atoms with Crippen molar-refractivity contribution in [3.8, 4) is 0 Å². The summed E-state index contributed by atoms with van der Waals surface area (Å²) in [6.07, 6.45) is -4.55. The fourth-order valence-electron chi connectivity index (χ4n) is 2.93. The van der Waals surface area contributed by atoms with Crippen molar-refractivity contribution in [3.05, 3.63) is 59.9 Å². The van der Waals surface area contributed by atoms with Gasteiger partial charge in [0.05, 0.1) is 17.0 Å². The van der Waals surface area contributed by atoms with Crippen molar-refractivity contribution in [2.24, 2.45) is 0 Å². The molecule has 9 heteroatoms. The summed E-state index contributed by atoms with van der Waals surface area (Å²) in [7, 11) is 0. The minimum absolute atomic E-state index is 0.130. The molecule has 0 aliphatic heterocycles. The van der Waals surface area contributed by atoms with Crippen LogP contribution in [0.5, 0.6) is 0 Å². The number of anilines is 1. The highest BCUT2D eigenvalue weighted by molar-refractivity contribution is 8.00. The van der Waals surface area contributed by atoms with Gasteiger partial charge in [-0.2, -0.15) is 13.2 Å². The number of rotatable bonds is 4. The number of alkyl halides is 3. The molecule has 0 spiro atoms. The van der Waals surface area contributed by atoms with E-state index in [4.69, 9.17) is 4.42 Å². The monoisotopic (exact) mass is 417 g/mol. The third kappa shape index (κ3) is 3.91. The quantitative estimate of drug-likeness (QED) is 0.354. The van der Waals surface area contributed by atoms with Crippen molar-refractivity contribution in [2.75, 3.05) is 11.1 Å². The number of hydrogen-bond donors (Lipinski definition) is 1. The number of aromatic nitrogens is 2. The molecule has 1 N–H and O–H groups in total. The number of carbonyl (C=O) groups is 1. The Morgan fingerprint density at radius 1 is 1.10 bits per heavy atom. The molecule has 4 aromatic rings. The zero-order valence-electron chi connectivity index (χ0n) is 15.1. The summed E-state index contributed by atoms with van der Waals surface area (Å²) in [4.78, 5) is 21.0. The van der Waals surface area contributed by atoms with E-state index in [9.17, 15) is 18.0 Å². The summed E-state index contributed by atoms with van der Waals surface area (Å²) in [6.45, 7) is 1.73. The molecule has 0 radical (unpaired) electrons. The van der Waals surface area contributed by atoms with Gasteiger partial charge in [-0.3, -0.25) is 4.79 Å². The first-order chi connectivity index (χ1) is 13.8. The van der Waals surface area contributed by atoms with Crippen LogP contribution >= 0.6 is 11.8 Å². The molecule has 5 nitrogen and oxygen atoms in total. The molecule has 0 aliphatic rings. The van der Waals surface area contributed by atoms with Gasteiger partial charge >= 0.3 is 6.18 Å². The fourth-order valence-corrected chi connectivity index (χ4v) is 3.74. The summed E-state index contributed by atoms with van der Waals surface area (Å²) in [5, 5.41) is 3.62. The number of aryl methyl sites for hydroxylation is 1. The summed E-state index contributed by atoms with van der Waals surface area (Å²) < 4.78 is 45.1. The summed E-state index contributed by atoms with van der Waals surface area (Å²) in [5.74, 6) is -0.198. The highest BCUT2D eigenvalue weighted by Gasteiger charge is 2.33. The molecule has 29 heavy (non-hydrogen) atoms. The molecule has 0 aliphatic carbocycles. The molecular formula is C20H14F3N3O2S. The third-order valence-electron chi connectivity index (χ3n) is 4.15. The maximum atomic E-state index is 13.1. The second kappa shape index (κ2) is 7.40. The lowest BCUT2D eigenvalue weighted by Gasteiger charge is -2.13. The van der Waals surface area contributed by atoms with Gasteiger partial charge in [-0.25, -0.2) is 9.97 Å². The van der Waals surface area contributed by atoms with E-state index in [1.54, 1.807) is 6.92 Å². The predicted molar refractivity (Wildman–Crippen MR) is 105 cm³/mol. The van der Waals surface area contributed by atoms with Crippen LogP contribution in [0.4, 0.5) is 18.9 Å². The second-order valence-corrected chi connectivity index (χ2v) is 7.20. The first-order valence-electron chi connectivity index (χ1n) is 8.57. The molecule has 148 valence electrons. The Balaban J connectivity index is 1.57. The van der Waals surface area contributed by atoms with Crippen molar-refractivity contribution in [1.82, 2.24) is 9.97 Å². The topological polar surface area (TPSA) is 68.0 Å². The first-order valence-corrected chi connectivity index (χ1v) is 9.56. The SMILES string of the molecule is Cc1nc(SCC(=O)Nc2ccccc2C(F)(F)F)c2oc3ccccc3c2n1. The van der Waals surface area contributed by atoms with Crippen LogP contribution in [0.15, 0.2) is 58.0 Å². The van der Waals surface area contributed by atoms with Gasteiger partial charge in [0.2, 0.25) is 5.91 Å². The predicted octanol–water partition coefficient (Wildman–Crippen LogP) is 5.43. The highest BCUT2D eigenvalue weighted by atomic mass is 32.2. The van der Waals surface area contributed by atoms with Crippen molar-refractivity contribution in [3.63, 3.8) is 0 Å². The lowest BCUT2D eigenvalue weighted by molar-refractivity contribution is -0.137. The van der Waals surface area contributed by atoms with Crippen molar-refractivity contribution < 1.29 is 22.4 Å². The average Bonchev–Trinajstić information content (AvgIpc) is 3.04. The lowest BCUT2D eigenvalue weighted by atomic mass is 10.1. The van der Waals surface area contributed by atoms with E-state index < -0.39 is 17.6 Å². The zero-order valence-corrected chi connectivity index (χ0v) is 15.9. The van der Waals surface area contributed by atoms with Crippen LogP contribution in [0, 0.1) is 6.92 Å². The Morgan fingerprint density at radius 2 is 1.83 bits per heavy atom. The minimum atomic E-state index is -4.55. The molecule has 0 unspecified atom stereocenters. The Morgan fingerprint density at radius 3 is 2.62 bits per heavy atom. The van der Waals surface area contributed by atoms with E-state index in [1.807, 2.05) is 24.3 Å². The lowest BCUT2D eigenvalue weighted by Crippen LogP contribution is -2.18. The van der Waals surface area contributed by atoms with Gasteiger partial charge in [0.15, 0.2) is 5.58 Å². The van der Waals surface area contributed by atoms with Gasteiger partial charge in [0.1, 0.15) is 22.0 Å². The van der Waals surface area contributed by atoms with Gasteiger partial charge in [-0.15, -0.1) is 0 Å². The first kappa shape index (κ1) is 19.3. The van der Waals surface area contributed by atoms with Crippen LogP contribution in [0.2, 0.25) is 0 Å². The molecule has 4 rings (SSSR count). The van der Waals surface area contributed by atoms with Gasteiger partial charge in [0, 0.05) is 5.39 Å². The van der Waals surface area contributed by atoms with Gasteiger partial charge in [0.25, 0.3) is 0 Å². The number of carbonyl (C=O) groups excluding carboxylic acids is 1. The van der Waals surface area contributed by atoms with E-state index in [1.165, 1.54) is 18.2 Å². The molecule has 0 atom stereocenters. The van der Waals surface area contributed by atoms with E-state index in [-0.39, 0.29) is 11.4 Å². The summed E-state index contributed by atoms with van der Waals surface area (Å²) >= 11 is 1.08. The van der Waals surface area contributed by atoms with Crippen LogP contribution in [-0.4, -0.2) is 21.6 Å². The summed E-state index contributed by atoms with van der Waals surface area (Å²) in [5.41, 5.74) is 0.561. The number of benzene rings is 2. The van der Waals surface area contributed by atoms with E-state index in [0.717, 1.165) is 23.2 Å². The third-order valence-corrected chi connectivity index (χ3v) is 5.10. The number of para-hydroxylation sites is 2. The molecule has 0 fully saturated rings. The van der Waals surface area contributed by atoms with Crippen LogP contribution in [0.25, 0.3) is 22.1 Å². The molecular weight excluding hydrogens is 403 g/mol. The van der Waals surface area contributed by atoms with Crippen molar-refractivity contribution >= 4 is 45.4 Å². The maximum absolute atomic E-state index is 13.1. The standard InChI is InChI=1S/C20H14F3N3O2S/c1-11-24-17-12-6-2-5-9-15(12)28-18(17)19(25-11)29-10-16(27)26-14-8-4-3-7-13(14)20(21,22)23/h2-9H,10H2,1H3,(H,26,27). The maximum Gasteiger partial charge on any atom is 0.418 e. The molecule has 0 saturated carbocycles. The molecule has 1 amide bonds. The second-order valence-electron chi connectivity index (χ2n) is 6.23. The van der Waals surface area contributed by atoms with Gasteiger partial charge < -0.3 is 9.73 Å². The summed E-state index contributed by atoms with van der Waals surface area (Å²) in [6, 6.07) is 12.2. The number of amides is 1. The smallest absolute Gasteiger partial charge is 0.418 e. The average molecular weight is 417 g/mol. The van der Waals surface area contributed by atoms with Crippen molar-refractivity contribution in [1.29, 1.82) is 0 Å². The largest absolute Gasteiger partial charge is 0.451 e. The number of nitrogens with one attached hydrogen (secondary N) is 1. The molecule has 2 heterocycles. The van der Waals surface area contributed by atoms with E-state index in [0.29, 0.717) is 27.5 Å². The Kier molecular flexibility index (Phi) is 4.91. The van der Waals surface area contributed by atoms with Crippen LogP contribution in [0.3, 0.4) is 0 Å². The van der Waals surface area contributed by atoms with Crippen molar-refractivity contribution in [2.45, 2.75) is 18.1 Å². The number of fused-ring (bicyclic) bond motifs is 3. The van der Waals surface area contributed by atoms with E-state index in [2.05, 4.69) is 15.3 Å². The molecule has 2 aromatic heterocycles. The Hall–Kier alpha value is -3.07. The normalized spacial score (nSPS) is 11.9. The highest BCUT2D eigenvalue weighted by Crippen LogP contribution is 2.35. The Labute approximate surface area is 167 Å².